The fourth-order valence-corrected chi connectivity index (χ4v) is 6.26. The maximum absolute atomic E-state index is 5.95. The molecule has 3 fully saturated rings. The third-order valence-corrected chi connectivity index (χ3v) is 8.03. The Hall–Kier alpha value is -0.860. The van der Waals surface area contributed by atoms with Crippen molar-refractivity contribution in [2.24, 2.45) is 17.8 Å². The second-order valence-corrected chi connectivity index (χ2v) is 10.9. The SMILES string of the molecule is CCCCCCC1CC[C@@H]2C[C@H](c3ccc(C4NC(C)(C)CO4)cc3)CC[C@@H]2C1. The van der Waals surface area contributed by atoms with Gasteiger partial charge in [0.1, 0.15) is 6.23 Å². The monoisotopic (exact) mass is 397 g/mol. The smallest absolute Gasteiger partial charge is 0.134 e. The van der Waals surface area contributed by atoms with E-state index in [0.29, 0.717) is 0 Å². The first-order valence-electron chi connectivity index (χ1n) is 12.5. The molecular weight excluding hydrogens is 354 g/mol. The lowest BCUT2D eigenvalue weighted by Gasteiger charge is -2.42. The van der Waals surface area contributed by atoms with Crippen molar-refractivity contribution in [2.45, 2.75) is 109 Å². The molecule has 4 rings (SSSR count). The van der Waals surface area contributed by atoms with Crippen LogP contribution < -0.4 is 5.32 Å². The second-order valence-electron chi connectivity index (χ2n) is 10.9. The van der Waals surface area contributed by atoms with Gasteiger partial charge in [0, 0.05) is 5.54 Å². The Morgan fingerprint density at radius 1 is 0.897 bits per heavy atom. The normalized spacial score (nSPS) is 34.1. The molecule has 2 aliphatic carbocycles. The van der Waals surface area contributed by atoms with Gasteiger partial charge in [-0.1, -0.05) is 69.7 Å². The van der Waals surface area contributed by atoms with Crippen molar-refractivity contribution in [1.82, 2.24) is 5.32 Å². The number of rotatable bonds is 7. The minimum atomic E-state index is 0.0578. The van der Waals surface area contributed by atoms with Crippen molar-refractivity contribution in [2.75, 3.05) is 6.61 Å². The molecule has 1 heterocycles. The molecule has 0 aromatic heterocycles. The molecule has 0 spiro atoms. The minimum Gasteiger partial charge on any atom is -0.357 e. The van der Waals surface area contributed by atoms with Crippen molar-refractivity contribution in [3.8, 4) is 0 Å². The van der Waals surface area contributed by atoms with Crippen molar-refractivity contribution < 1.29 is 4.74 Å². The van der Waals surface area contributed by atoms with Crippen LogP contribution in [0, 0.1) is 17.8 Å². The summed E-state index contributed by atoms with van der Waals surface area (Å²) in [5, 5.41) is 3.59. The molecule has 0 radical (unpaired) electrons. The van der Waals surface area contributed by atoms with Gasteiger partial charge in [0.05, 0.1) is 6.61 Å². The van der Waals surface area contributed by atoms with Gasteiger partial charge in [-0.2, -0.15) is 0 Å². The maximum atomic E-state index is 5.95. The molecule has 162 valence electrons. The van der Waals surface area contributed by atoms with Crippen molar-refractivity contribution in [3.05, 3.63) is 35.4 Å². The summed E-state index contributed by atoms with van der Waals surface area (Å²) in [7, 11) is 0. The number of nitrogens with one attached hydrogen (secondary N) is 1. The Balaban J connectivity index is 1.27. The lowest BCUT2D eigenvalue weighted by Crippen LogP contribution is -2.35. The lowest BCUT2D eigenvalue weighted by atomic mass is 9.63. The summed E-state index contributed by atoms with van der Waals surface area (Å²) in [6.07, 6.45) is 16.1. The van der Waals surface area contributed by atoms with E-state index in [4.69, 9.17) is 4.74 Å². The molecule has 2 nitrogen and oxygen atoms in total. The summed E-state index contributed by atoms with van der Waals surface area (Å²) in [6, 6.07) is 9.37. The summed E-state index contributed by atoms with van der Waals surface area (Å²) in [4.78, 5) is 0. The first-order chi connectivity index (χ1) is 14.0. The van der Waals surface area contributed by atoms with Crippen LogP contribution in [0.5, 0.6) is 0 Å². The average molecular weight is 398 g/mol. The van der Waals surface area contributed by atoms with E-state index in [1.807, 2.05) is 0 Å². The van der Waals surface area contributed by atoms with E-state index in [-0.39, 0.29) is 11.8 Å². The van der Waals surface area contributed by atoms with Crippen LogP contribution in [0.2, 0.25) is 0 Å². The van der Waals surface area contributed by atoms with Gasteiger partial charge in [0.25, 0.3) is 0 Å². The molecule has 2 heteroatoms. The zero-order chi connectivity index (χ0) is 20.3. The van der Waals surface area contributed by atoms with E-state index in [0.717, 1.165) is 30.3 Å². The van der Waals surface area contributed by atoms with E-state index >= 15 is 0 Å². The van der Waals surface area contributed by atoms with Crippen molar-refractivity contribution in [3.63, 3.8) is 0 Å². The topological polar surface area (TPSA) is 21.3 Å². The Morgan fingerprint density at radius 3 is 2.34 bits per heavy atom. The Labute approximate surface area is 179 Å². The fourth-order valence-electron chi connectivity index (χ4n) is 6.26. The molecule has 1 N–H and O–H groups in total. The number of benzene rings is 1. The van der Waals surface area contributed by atoms with Crippen LogP contribution in [0.1, 0.15) is 115 Å². The predicted octanol–water partition coefficient (Wildman–Crippen LogP) is 7.35. The van der Waals surface area contributed by atoms with Crippen LogP contribution >= 0.6 is 0 Å². The molecule has 2 unspecified atom stereocenters. The van der Waals surface area contributed by atoms with Gasteiger partial charge < -0.3 is 4.74 Å². The fraction of sp³-hybridized carbons (Fsp3) is 0.778. The highest BCUT2D eigenvalue weighted by atomic mass is 16.5. The highest BCUT2D eigenvalue weighted by Gasteiger charge is 2.36. The Bertz CT molecular complexity index is 636. The third kappa shape index (κ3) is 5.44. The summed E-state index contributed by atoms with van der Waals surface area (Å²) in [6.45, 7) is 7.52. The molecule has 5 atom stereocenters. The van der Waals surface area contributed by atoms with Crippen molar-refractivity contribution in [1.29, 1.82) is 0 Å². The first-order valence-corrected chi connectivity index (χ1v) is 12.5. The predicted molar refractivity (Wildman–Crippen MR) is 122 cm³/mol. The number of hydrogen-bond donors (Lipinski definition) is 1. The zero-order valence-electron chi connectivity index (χ0n) is 19.1. The number of ether oxygens (including phenoxy) is 1. The van der Waals surface area contributed by atoms with E-state index in [1.165, 1.54) is 76.2 Å². The van der Waals surface area contributed by atoms with Crippen LogP contribution in [-0.2, 0) is 4.74 Å². The molecule has 0 amide bonds. The summed E-state index contributed by atoms with van der Waals surface area (Å²) < 4.78 is 5.95. The van der Waals surface area contributed by atoms with E-state index in [9.17, 15) is 0 Å². The summed E-state index contributed by atoms with van der Waals surface area (Å²) in [5.41, 5.74) is 2.92. The summed E-state index contributed by atoms with van der Waals surface area (Å²) in [5.74, 6) is 3.82. The van der Waals surface area contributed by atoms with Crippen LogP contribution in [0.15, 0.2) is 24.3 Å². The van der Waals surface area contributed by atoms with Gasteiger partial charge >= 0.3 is 0 Å². The number of hydrogen-bond acceptors (Lipinski definition) is 2. The largest absolute Gasteiger partial charge is 0.357 e. The van der Waals surface area contributed by atoms with Gasteiger partial charge in [0.2, 0.25) is 0 Å². The van der Waals surface area contributed by atoms with E-state index < -0.39 is 0 Å². The Kier molecular flexibility index (Phi) is 7.02. The highest BCUT2D eigenvalue weighted by molar-refractivity contribution is 5.28. The second kappa shape index (κ2) is 9.52. The van der Waals surface area contributed by atoms with Gasteiger partial charge in [-0.05, 0) is 80.8 Å². The van der Waals surface area contributed by atoms with Crippen LogP contribution in [-0.4, -0.2) is 12.1 Å². The molecule has 3 aliphatic rings. The molecular formula is C27H43NO. The van der Waals surface area contributed by atoms with Crippen LogP contribution in [0.4, 0.5) is 0 Å². The summed E-state index contributed by atoms with van der Waals surface area (Å²) >= 11 is 0. The number of fused-ring (bicyclic) bond motifs is 1. The first kappa shape index (κ1) is 21.4. The van der Waals surface area contributed by atoms with Crippen LogP contribution in [0.3, 0.4) is 0 Å². The van der Waals surface area contributed by atoms with Crippen molar-refractivity contribution >= 4 is 0 Å². The molecule has 0 bridgehead atoms. The van der Waals surface area contributed by atoms with Crippen LogP contribution in [0.25, 0.3) is 0 Å². The van der Waals surface area contributed by atoms with Gasteiger partial charge in [-0.3, -0.25) is 5.32 Å². The zero-order valence-corrected chi connectivity index (χ0v) is 19.1. The number of unbranched alkanes of at least 4 members (excludes halogenated alkanes) is 3. The van der Waals surface area contributed by atoms with E-state index in [1.54, 1.807) is 5.56 Å². The highest BCUT2D eigenvalue weighted by Crippen LogP contribution is 2.48. The molecule has 29 heavy (non-hydrogen) atoms. The molecule has 2 saturated carbocycles. The Morgan fingerprint density at radius 2 is 1.62 bits per heavy atom. The van der Waals surface area contributed by atoms with Gasteiger partial charge in [-0.25, -0.2) is 0 Å². The molecule has 1 saturated heterocycles. The molecule has 1 aromatic rings. The van der Waals surface area contributed by atoms with E-state index in [2.05, 4.69) is 50.4 Å². The van der Waals surface area contributed by atoms with Gasteiger partial charge in [-0.15, -0.1) is 0 Å². The minimum absolute atomic E-state index is 0.0578. The molecule has 1 aromatic carbocycles. The average Bonchev–Trinajstić information content (AvgIpc) is 3.10. The maximum Gasteiger partial charge on any atom is 0.134 e. The quantitative estimate of drug-likeness (QED) is 0.485. The standard InChI is InChI=1S/C27H43NO/c1-4-5-6-7-8-20-9-10-25-18-24(16-15-23(25)17-20)21-11-13-22(14-12-21)26-28-27(2,3)19-29-26/h11-14,20,23-26,28H,4-10,15-19H2,1-3H3/t20?,23-,24-,25-,26?/m1/s1. The third-order valence-electron chi connectivity index (χ3n) is 8.03. The molecule has 1 aliphatic heterocycles. The lowest BCUT2D eigenvalue weighted by molar-refractivity contribution is 0.0988. The van der Waals surface area contributed by atoms with Gasteiger partial charge in [0.15, 0.2) is 0 Å².